The number of nitro benzene ring substituents is 1. The van der Waals surface area contributed by atoms with Gasteiger partial charge in [-0.3, -0.25) is 14.9 Å². The normalized spacial score (nSPS) is 11.6. The summed E-state index contributed by atoms with van der Waals surface area (Å²) < 4.78 is 5.18. The summed E-state index contributed by atoms with van der Waals surface area (Å²) >= 11 is 1.21. The zero-order valence-corrected chi connectivity index (χ0v) is 16.3. The van der Waals surface area contributed by atoms with Gasteiger partial charge in [0.15, 0.2) is 6.10 Å². The molecule has 1 amide bonds. The summed E-state index contributed by atoms with van der Waals surface area (Å²) in [4.78, 5) is 35.7. The molecule has 2 rings (SSSR count). The van der Waals surface area contributed by atoms with E-state index in [0.29, 0.717) is 10.6 Å². The molecule has 27 heavy (non-hydrogen) atoms. The number of rotatable bonds is 6. The van der Waals surface area contributed by atoms with Crippen molar-refractivity contribution in [3.05, 3.63) is 63.2 Å². The van der Waals surface area contributed by atoms with Crippen molar-refractivity contribution in [3.63, 3.8) is 0 Å². The highest BCUT2D eigenvalue weighted by molar-refractivity contribution is 7.98. The van der Waals surface area contributed by atoms with E-state index in [0.717, 1.165) is 17.2 Å². The number of benzene rings is 2. The number of nitrogens with zero attached hydrogens (tertiary/aromatic N) is 1. The Balaban J connectivity index is 2.12. The van der Waals surface area contributed by atoms with Crippen LogP contribution in [0, 0.1) is 24.0 Å². The van der Waals surface area contributed by atoms with Gasteiger partial charge in [-0.2, -0.15) is 0 Å². The molecule has 2 aromatic carbocycles. The lowest BCUT2D eigenvalue weighted by atomic mass is 10.1. The quantitative estimate of drug-likeness (QED) is 0.346. The highest BCUT2D eigenvalue weighted by Gasteiger charge is 2.22. The van der Waals surface area contributed by atoms with E-state index in [1.165, 1.54) is 30.8 Å². The van der Waals surface area contributed by atoms with E-state index in [2.05, 4.69) is 5.32 Å². The molecule has 0 saturated carbocycles. The van der Waals surface area contributed by atoms with Gasteiger partial charge in [-0.15, -0.1) is 11.8 Å². The van der Waals surface area contributed by atoms with Gasteiger partial charge in [-0.1, -0.05) is 18.2 Å². The van der Waals surface area contributed by atoms with Crippen molar-refractivity contribution in [3.8, 4) is 0 Å². The number of aryl methyl sites for hydroxylation is 2. The molecule has 2 aromatic rings. The number of nitrogens with one attached hydrogen (secondary N) is 1. The number of carbonyl (C=O) groups excluding carboxylic acids is 2. The second kappa shape index (κ2) is 8.68. The van der Waals surface area contributed by atoms with Gasteiger partial charge in [0.1, 0.15) is 0 Å². The van der Waals surface area contributed by atoms with E-state index >= 15 is 0 Å². The highest BCUT2D eigenvalue weighted by Crippen LogP contribution is 2.28. The van der Waals surface area contributed by atoms with Gasteiger partial charge in [0.25, 0.3) is 11.6 Å². The van der Waals surface area contributed by atoms with Crippen LogP contribution in [0.1, 0.15) is 28.4 Å². The van der Waals surface area contributed by atoms with Crippen LogP contribution < -0.4 is 5.32 Å². The Morgan fingerprint density at radius 1 is 1.19 bits per heavy atom. The largest absolute Gasteiger partial charge is 0.449 e. The second-order valence-electron chi connectivity index (χ2n) is 5.95. The molecule has 7 nitrogen and oxygen atoms in total. The number of hydrogen-bond acceptors (Lipinski definition) is 6. The molecule has 142 valence electrons. The fraction of sp³-hybridized carbons (Fsp3) is 0.263. The third-order valence-corrected chi connectivity index (χ3v) is 4.78. The number of esters is 1. The van der Waals surface area contributed by atoms with Crippen LogP contribution in [0.2, 0.25) is 0 Å². The molecule has 0 aliphatic heterocycles. The average molecular weight is 388 g/mol. The molecule has 0 unspecified atom stereocenters. The SMILES string of the molecule is CSc1ccc(C(=O)O[C@@H](C)C(=O)Nc2c(C)cccc2C)cc1[N+](=O)[O-]. The number of thioether (sulfide) groups is 1. The first kappa shape index (κ1) is 20.4. The number of anilines is 1. The Hall–Kier alpha value is -2.87. The first-order valence-corrected chi connectivity index (χ1v) is 9.37. The fourth-order valence-electron chi connectivity index (χ4n) is 2.48. The van der Waals surface area contributed by atoms with Crippen LogP contribution in [0.5, 0.6) is 0 Å². The molecule has 0 aliphatic rings. The van der Waals surface area contributed by atoms with Crippen LogP contribution in [-0.2, 0) is 9.53 Å². The van der Waals surface area contributed by atoms with E-state index in [-0.39, 0.29) is 11.3 Å². The standard InChI is InChI=1S/C19H20N2O5S/c1-11-6-5-7-12(2)17(11)20-18(22)13(3)26-19(23)14-8-9-16(27-4)15(10-14)21(24)25/h5-10,13H,1-4H3,(H,20,22)/t13-/m0/s1. The maximum absolute atomic E-state index is 12.4. The number of para-hydroxylation sites is 1. The van der Waals surface area contributed by atoms with Crippen molar-refractivity contribution >= 4 is 35.0 Å². The lowest BCUT2D eigenvalue weighted by molar-refractivity contribution is -0.387. The van der Waals surface area contributed by atoms with E-state index in [9.17, 15) is 19.7 Å². The van der Waals surface area contributed by atoms with Crippen LogP contribution in [0.25, 0.3) is 0 Å². The summed E-state index contributed by atoms with van der Waals surface area (Å²) in [6.07, 6.45) is 0.649. The zero-order valence-electron chi connectivity index (χ0n) is 15.4. The van der Waals surface area contributed by atoms with Crippen LogP contribution in [0.4, 0.5) is 11.4 Å². The van der Waals surface area contributed by atoms with E-state index in [1.54, 1.807) is 6.26 Å². The van der Waals surface area contributed by atoms with Crippen LogP contribution in [0.3, 0.4) is 0 Å². The Morgan fingerprint density at radius 2 is 1.81 bits per heavy atom. The maximum atomic E-state index is 12.4. The lowest BCUT2D eigenvalue weighted by Gasteiger charge is -2.16. The summed E-state index contributed by atoms with van der Waals surface area (Å²) in [7, 11) is 0. The van der Waals surface area contributed by atoms with Gasteiger partial charge in [0.2, 0.25) is 0 Å². The predicted molar refractivity (Wildman–Crippen MR) is 104 cm³/mol. The van der Waals surface area contributed by atoms with Crippen molar-refractivity contribution in [2.75, 3.05) is 11.6 Å². The number of hydrogen-bond donors (Lipinski definition) is 1. The van der Waals surface area contributed by atoms with Gasteiger partial charge in [-0.25, -0.2) is 4.79 Å². The molecule has 0 aliphatic carbocycles. The van der Waals surface area contributed by atoms with Gasteiger partial charge in [-0.05, 0) is 50.3 Å². The highest BCUT2D eigenvalue weighted by atomic mass is 32.2. The Morgan fingerprint density at radius 3 is 2.37 bits per heavy atom. The van der Waals surface area contributed by atoms with Crippen LogP contribution in [-0.4, -0.2) is 29.2 Å². The predicted octanol–water partition coefficient (Wildman–Crippen LogP) is 4.12. The number of carbonyl (C=O) groups is 2. The lowest BCUT2D eigenvalue weighted by Crippen LogP contribution is -2.30. The van der Waals surface area contributed by atoms with Crippen LogP contribution >= 0.6 is 11.8 Å². The Bertz CT molecular complexity index is 877. The van der Waals surface area contributed by atoms with E-state index in [1.807, 2.05) is 32.0 Å². The molecule has 0 fully saturated rings. The molecular weight excluding hydrogens is 368 g/mol. The third kappa shape index (κ3) is 4.85. The average Bonchev–Trinajstić information content (AvgIpc) is 2.63. The fourth-order valence-corrected chi connectivity index (χ4v) is 3.02. The molecular formula is C19H20N2O5S. The summed E-state index contributed by atoms with van der Waals surface area (Å²) in [5.41, 5.74) is 2.30. The smallest absolute Gasteiger partial charge is 0.339 e. The van der Waals surface area contributed by atoms with Gasteiger partial charge in [0.05, 0.1) is 15.4 Å². The molecule has 0 bridgehead atoms. The first-order chi connectivity index (χ1) is 12.7. The number of amides is 1. The van der Waals surface area contributed by atoms with Gasteiger partial charge in [0, 0.05) is 11.8 Å². The molecule has 1 N–H and O–H groups in total. The number of ether oxygens (including phenoxy) is 1. The monoisotopic (exact) mass is 388 g/mol. The van der Waals surface area contributed by atoms with Gasteiger partial charge >= 0.3 is 5.97 Å². The topological polar surface area (TPSA) is 98.5 Å². The Labute approximate surface area is 161 Å². The Kier molecular flexibility index (Phi) is 6.57. The molecule has 8 heteroatoms. The van der Waals surface area contributed by atoms with Gasteiger partial charge < -0.3 is 10.1 Å². The summed E-state index contributed by atoms with van der Waals surface area (Å²) in [5.74, 6) is -1.27. The maximum Gasteiger partial charge on any atom is 0.339 e. The molecule has 0 spiro atoms. The minimum absolute atomic E-state index is 0.0197. The van der Waals surface area contributed by atoms with Crippen molar-refractivity contribution in [1.29, 1.82) is 0 Å². The zero-order chi connectivity index (χ0) is 20.1. The number of nitro groups is 1. The molecule has 1 atom stereocenters. The van der Waals surface area contributed by atoms with E-state index in [4.69, 9.17) is 4.74 Å². The molecule has 0 heterocycles. The van der Waals surface area contributed by atoms with Crippen molar-refractivity contribution in [2.24, 2.45) is 0 Å². The van der Waals surface area contributed by atoms with Crippen molar-refractivity contribution in [2.45, 2.75) is 31.8 Å². The van der Waals surface area contributed by atoms with Crippen LogP contribution in [0.15, 0.2) is 41.3 Å². The second-order valence-corrected chi connectivity index (χ2v) is 6.80. The molecule has 0 aromatic heterocycles. The van der Waals surface area contributed by atoms with E-state index < -0.39 is 22.9 Å². The summed E-state index contributed by atoms with van der Waals surface area (Å²) in [6.45, 7) is 5.18. The van der Waals surface area contributed by atoms with Crippen molar-refractivity contribution in [1.82, 2.24) is 0 Å². The molecule has 0 saturated heterocycles. The minimum Gasteiger partial charge on any atom is -0.449 e. The van der Waals surface area contributed by atoms with Crippen molar-refractivity contribution < 1.29 is 19.2 Å². The summed E-state index contributed by atoms with van der Waals surface area (Å²) in [5, 5.41) is 13.9. The third-order valence-electron chi connectivity index (χ3n) is 3.99. The summed E-state index contributed by atoms with van der Waals surface area (Å²) in [6, 6.07) is 9.70. The minimum atomic E-state index is -1.06. The molecule has 0 radical (unpaired) electrons. The first-order valence-electron chi connectivity index (χ1n) is 8.15.